The average Bonchev–Trinajstić information content (AvgIpc) is 2.95. The topological polar surface area (TPSA) is 24.1 Å². The zero-order valence-corrected chi connectivity index (χ0v) is 12.8. The molecule has 4 aliphatic carbocycles. The monoisotopic (exact) mass is 288 g/mol. The van der Waals surface area contributed by atoms with Gasteiger partial charge < -0.3 is 10.6 Å². The summed E-state index contributed by atoms with van der Waals surface area (Å²) in [7, 11) is 0. The highest BCUT2D eigenvalue weighted by Gasteiger charge is 2.50. The normalized spacial score (nSPS) is 51.2. The lowest BCUT2D eigenvalue weighted by Crippen LogP contribution is -2.59. The van der Waals surface area contributed by atoms with Crippen molar-refractivity contribution in [2.75, 3.05) is 6.54 Å². The van der Waals surface area contributed by atoms with Crippen LogP contribution >= 0.6 is 11.8 Å². The molecule has 0 aromatic heterocycles. The molecule has 4 saturated carbocycles. The van der Waals surface area contributed by atoms with Gasteiger partial charge in [-0.3, -0.25) is 0 Å². The van der Waals surface area contributed by atoms with Crippen LogP contribution in [0.3, 0.4) is 0 Å². The first kappa shape index (κ1) is 12.2. The fourth-order valence-electron chi connectivity index (χ4n) is 5.87. The van der Waals surface area contributed by atoms with Crippen molar-refractivity contribution in [1.82, 2.24) is 10.6 Å². The lowest BCUT2D eigenvalue weighted by atomic mass is 9.53. The largest absolute Gasteiger partial charge is 0.375 e. The highest BCUT2D eigenvalue weighted by Crippen LogP contribution is 2.55. The van der Waals surface area contributed by atoms with E-state index in [-0.39, 0.29) is 0 Å². The Bertz CT molecular complexity index is 446. The number of fused-ring (bicyclic) bond motifs is 1. The van der Waals surface area contributed by atoms with Gasteiger partial charge in [-0.15, -0.1) is 11.8 Å². The second kappa shape index (κ2) is 4.30. The summed E-state index contributed by atoms with van der Waals surface area (Å²) in [4.78, 5) is 0. The van der Waals surface area contributed by atoms with E-state index in [1.54, 1.807) is 0 Å². The minimum atomic E-state index is 0.498. The van der Waals surface area contributed by atoms with Crippen molar-refractivity contribution in [3.8, 4) is 0 Å². The van der Waals surface area contributed by atoms with Crippen LogP contribution in [0.2, 0.25) is 0 Å². The number of nitrogens with one attached hydrogen (secondary N) is 2. The van der Waals surface area contributed by atoms with Crippen molar-refractivity contribution in [3.05, 3.63) is 23.3 Å². The van der Waals surface area contributed by atoms with E-state index in [4.69, 9.17) is 0 Å². The Morgan fingerprint density at radius 3 is 2.50 bits per heavy atom. The number of rotatable bonds is 3. The molecule has 4 fully saturated rings. The van der Waals surface area contributed by atoms with Crippen molar-refractivity contribution in [3.63, 3.8) is 0 Å². The minimum absolute atomic E-state index is 0.498. The van der Waals surface area contributed by atoms with Gasteiger partial charge in [0.1, 0.15) is 0 Å². The molecule has 1 unspecified atom stereocenters. The van der Waals surface area contributed by atoms with E-state index >= 15 is 0 Å². The van der Waals surface area contributed by atoms with Gasteiger partial charge in [-0.1, -0.05) is 12.2 Å². The molecule has 2 atom stereocenters. The van der Waals surface area contributed by atoms with Crippen LogP contribution in [0.15, 0.2) is 23.3 Å². The van der Waals surface area contributed by atoms with Gasteiger partial charge in [-0.25, -0.2) is 0 Å². The zero-order valence-electron chi connectivity index (χ0n) is 12.0. The van der Waals surface area contributed by atoms with Crippen molar-refractivity contribution < 1.29 is 0 Å². The summed E-state index contributed by atoms with van der Waals surface area (Å²) in [5.41, 5.74) is 1.94. The van der Waals surface area contributed by atoms with E-state index in [2.05, 4.69) is 28.2 Å². The van der Waals surface area contributed by atoms with Crippen LogP contribution in [0.1, 0.15) is 38.5 Å². The Balaban J connectivity index is 1.27. The lowest BCUT2D eigenvalue weighted by molar-refractivity contribution is -0.0183. The first-order chi connectivity index (χ1) is 9.78. The van der Waals surface area contributed by atoms with Crippen LogP contribution in [0.4, 0.5) is 0 Å². The van der Waals surface area contributed by atoms with Gasteiger partial charge in [-0.05, 0) is 61.7 Å². The van der Waals surface area contributed by atoms with Crippen molar-refractivity contribution >= 4 is 11.8 Å². The summed E-state index contributed by atoms with van der Waals surface area (Å²) in [6.07, 6.45) is 13.7. The summed E-state index contributed by atoms with van der Waals surface area (Å²) >= 11 is 1.93. The summed E-state index contributed by atoms with van der Waals surface area (Å²) in [6, 6.07) is 0. The highest BCUT2D eigenvalue weighted by atomic mass is 32.2. The predicted octanol–water partition coefficient (Wildman–Crippen LogP) is 3.23. The smallest absolute Gasteiger partial charge is 0.0859 e. The van der Waals surface area contributed by atoms with E-state index in [9.17, 15) is 0 Å². The number of thioether (sulfide) groups is 1. The molecule has 2 heterocycles. The van der Waals surface area contributed by atoms with Crippen LogP contribution in [0.5, 0.6) is 0 Å². The maximum absolute atomic E-state index is 3.99. The van der Waals surface area contributed by atoms with E-state index in [1.165, 1.54) is 44.2 Å². The van der Waals surface area contributed by atoms with Gasteiger partial charge in [0.2, 0.25) is 0 Å². The molecule has 0 aromatic carbocycles. The third-order valence-corrected chi connectivity index (χ3v) is 7.33. The number of hydrogen-bond acceptors (Lipinski definition) is 3. The molecule has 6 aliphatic rings. The summed E-state index contributed by atoms with van der Waals surface area (Å²) < 4.78 is 0. The maximum atomic E-state index is 3.99. The standard InChI is InChI=1S/C17H24N2S/c1-2-20-16-14(1)6-15(19-16)10-18-17-7-11-3-12(8-17)5-13(4-11)9-17/h1-2,6,11-14,16,18-19H,3-5,7-10H2/t11?,12?,13?,14-,16?,17?/m1/s1. The Morgan fingerprint density at radius 1 is 1.15 bits per heavy atom. The Kier molecular flexibility index (Phi) is 2.61. The van der Waals surface area contributed by atoms with Crippen LogP contribution < -0.4 is 10.6 Å². The molecular formula is C17H24N2S. The Morgan fingerprint density at radius 2 is 1.85 bits per heavy atom. The molecule has 0 saturated heterocycles. The minimum Gasteiger partial charge on any atom is -0.375 e. The molecule has 2 N–H and O–H groups in total. The first-order valence-corrected chi connectivity index (χ1v) is 9.27. The van der Waals surface area contributed by atoms with Crippen molar-refractivity contribution in [2.45, 2.75) is 49.4 Å². The molecule has 2 aliphatic heterocycles. The van der Waals surface area contributed by atoms with Crippen molar-refractivity contribution in [1.29, 1.82) is 0 Å². The Labute approximate surface area is 125 Å². The van der Waals surface area contributed by atoms with E-state index in [0.29, 0.717) is 16.8 Å². The predicted molar refractivity (Wildman–Crippen MR) is 84.1 cm³/mol. The van der Waals surface area contributed by atoms with Gasteiger partial charge in [-0.2, -0.15) is 0 Å². The molecule has 0 spiro atoms. The molecule has 0 amide bonds. The van der Waals surface area contributed by atoms with Crippen LogP contribution in [-0.4, -0.2) is 17.5 Å². The molecule has 4 bridgehead atoms. The quantitative estimate of drug-likeness (QED) is 0.834. The van der Waals surface area contributed by atoms with E-state index in [0.717, 1.165) is 24.3 Å². The summed E-state index contributed by atoms with van der Waals surface area (Å²) in [5.74, 6) is 3.75. The zero-order chi connectivity index (χ0) is 13.2. The average molecular weight is 288 g/mol. The van der Waals surface area contributed by atoms with E-state index < -0.39 is 0 Å². The van der Waals surface area contributed by atoms with Crippen LogP contribution in [-0.2, 0) is 0 Å². The van der Waals surface area contributed by atoms with Gasteiger partial charge in [0, 0.05) is 23.7 Å². The lowest BCUT2D eigenvalue weighted by Gasteiger charge is -2.57. The Hall–Kier alpha value is -0.410. The molecule has 3 heteroatoms. The van der Waals surface area contributed by atoms with E-state index in [1.807, 2.05) is 11.8 Å². The fraction of sp³-hybridized carbons (Fsp3) is 0.765. The SMILES string of the molecule is C1=C[C@@H]2C=C(CNC34CC5CC(CC(C5)C3)C4)NC2S1. The van der Waals surface area contributed by atoms with Gasteiger partial charge in [0.15, 0.2) is 0 Å². The third kappa shape index (κ3) is 1.89. The van der Waals surface area contributed by atoms with Gasteiger partial charge >= 0.3 is 0 Å². The fourth-order valence-corrected chi connectivity index (χ4v) is 6.88. The first-order valence-electron chi connectivity index (χ1n) is 8.32. The maximum Gasteiger partial charge on any atom is 0.0859 e. The van der Waals surface area contributed by atoms with Crippen molar-refractivity contribution in [2.24, 2.45) is 23.7 Å². The number of hydrogen-bond donors (Lipinski definition) is 2. The summed E-state index contributed by atoms with van der Waals surface area (Å²) in [5, 5.41) is 10.5. The summed E-state index contributed by atoms with van der Waals surface area (Å²) in [6.45, 7) is 1.06. The molecule has 20 heavy (non-hydrogen) atoms. The second-order valence-electron chi connectivity index (χ2n) is 7.85. The second-order valence-corrected chi connectivity index (χ2v) is 8.90. The molecule has 6 rings (SSSR count). The van der Waals surface area contributed by atoms with Gasteiger partial charge in [0.25, 0.3) is 0 Å². The molecular weight excluding hydrogens is 264 g/mol. The third-order valence-electron chi connectivity index (χ3n) is 6.29. The molecule has 0 radical (unpaired) electrons. The molecule has 0 aromatic rings. The van der Waals surface area contributed by atoms with Gasteiger partial charge in [0.05, 0.1) is 5.37 Å². The van der Waals surface area contributed by atoms with Crippen LogP contribution in [0, 0.1) is 23.7 Å². The van der Waals surface area contributed by atoms with Crippen LogP contribution in [0.25, 0.3) is 0 Å². The molecule has 2 nitrogen and oxygen atoms in total. The molecule has 108 valence electrons. The highest BCUT2D eigenvalue weighted by molar-refractivity contribution is 8.03.